The van der Waals surface area contributed by atoms with Gasteiger partial charge < -0.3 is 14.6 Å². The van der Waals surface area contributed by atoms with Crippen LogP contribution >= 0.6 is 11.6 Å². The molecule has 0 aliphatic carbocycles. The second-order valence-corrected chi connectivity index (χ2v) is 8.33. The van der Waals surface area contributed by atoms with Gasteiger partial charge in [0.05, 0.1) is 18.5 Å². The van der Waals surface area contributed by atoms with Crippen molar-refractivity contribution in [2.75, 3.05) is 38.0 Å². The quantitative estimate of drug-likeness (QED) is 0.833. The number of fused-ring (bicyclic) bond motifs is 1. The minimum absolute atomic E-state index is 0.0765. The topological polar surface area (TPSA) is 95.2 Å². The Hall–Kier alpha value is -2.36. The highest BCUT2D eigenvalue weighted by molar-refractivity contribution is 7.90. The first-order valence-electron chi connectivity index (χ1n) is 8.38. The Morgan fingerprint density at radius 1 is 1.22 bits per heavy atom. The lowest BCUT2D eigenvalue weighted by Crippen LogP contribution is -2.50. The van der Waals surface area contributed by atoms with Crippen molar-refractivity contribution in [2.45, 2.75) is 4.90 Å². The molecule has 0 saturated carbocycles. The normalized spacial score (nSPS) is 19.1. The molecule has 0 atom stereocenters. The molecule has 1 saturated heterocycles. The predicted octanol–water partition coefficient (Wildman–Crippen LogP) is 1.90. The van der Waals surface area contributed by atoms with Gasteiger partial charge >= 0.3 is 0 Å². The number of halogens is 1. The maximum atomic E-state index is 12.4. The number of amidine groups is 1. The van der Waals surface area contributed by atoms with E-state index in [0.717, 1.165) is 0 Å². The molecular formula is C17H17ClN4O4S. The van der Waals surface area contributed by atoms with Gasteiger partial charge in [0.25, 0.3) is 15.9 Å². The van der Waals surface area contributed by atoms with Crippen LogP contribution in [0.5, 0.6) is 0 Å². The molecule has 4 rings (SSSR count). The molecule has 27 heavy (non-hydrogen) atoms. The van der Waals surface area contributed by atoms with Crippen molar-refractivity contribution < 1.29 is 17.6 Å². The van der Waals surface area contributed by atoms with E-state index in [-0.39, 0.29) is 10.8 Å². The maximum Gasteiger partial charge on any atom is 0.289 e. The molecule has 1 N–H and O–H groups in total. The van der Waals surface area contributed by atoms with Crippen LogP contribution in [0.15, 0.2) is 50.3 Å². The fourth-order valence-corrected chi connectivity index (χ4v) is 4.53. The van der Waals surface area contributed by atoms with Gasteiger partial charge in [-0.1, -0.05) is 11.6 Å². The van der Waals surface area contributed by atoms with Crippen LogP contribution in [0.2, 0.25) is 5.02 Å². The summed E-state index contributed by atoms with van der Waals surface area (Å²) in [5.74, 6) is 0.542. The van der Waals surface area contributed by atoms with Crippen molar-refractivity contribution in [3.8, 4) is 0 Å². The fraction of sp³-hybridized carbons (Fsp3) is 0.294. The monoisotopic (exact) mass is 408 g/mol. The fourth-order valence-electron chi connectivity index (χ4n) is 3.13. The minimum Gasteiger partial charge on any atom is -0.459 e. The molecular weight excluding hydrogens is 392 g/mol. The Morgan fingerprint density at radius 2 is 2.00 bits per heavy atom. The molecule has 2 aliphatic heterocycles. The van der Waals surface area contributed by atoms with E-state index in [9.17, 15) is 13.2 Å². The zero-order chi connectivity index (χ0) is 19.0. The molecule has 2 aromatic rings. The first kappa shape index (κ1) is 18.0. The molecule has 1 amide bonds. The number of nitrogens with zero attached hydrogens (tertiary/aromatic N) is 3. The first-order valence-corrected chi connectivity index (χ1v) is 10.2. The standard InChI is InChI=1S/C17H17ClN4O4S/c18-12-3-4-13-15(10-12)27(24,25)20-16(19-13)11-21-5-7-22(8-6-21)17(23)14-2-1-9-26-14/h1-4,9-10H,5-8,11H2,(H,19,20). The third-order valence-electron chi connectivity index (χ3n) is 4.50. The number of hydrogen-bond acceptors (Lipinski definition) is 6. The van der Waals surface area contributed by atoms with E-state index in [1.54, 1.807) is 29.2 Å². The van der Waals surface area contributed by atoms with E-state index in [4.69, 9.17) is 16.0 Å². The van der Waals surface area contributed by atoms with E-state index in [2.05, 4.69) is 9.71 Å². The van der Waals surface area contributed by atoms with Crippen LogP contribution in [0, 0.1) is 0 Å². The summed E-state index contributed by atoms with van der Waals surface area (Å²) in [6, 6.07) is 7.97. The smallest absolute Gasteiger partial charge is 0.289 e. The molecule has 1 aromatic carbocycles. The number of piperazine rings is 1. The van der Waals surface area contributed by atoms with Crippen LogP contribution in [-0.2, 0) is 10.0 Å². The van der Waals surface area contributed by atoms with E-state index >= 15 is 0 Å². The molecule has 0 spiro atoms. The molecule has 0 unspecified atom stereocenters. The van der Waals surface area contributed by atoms with Crippen LogP contribution in [-0.4, -0.2) is 62.7 Å². The van der Waals surface area contributed by atoms with Gasteiger partial charge in [-0.2, -0.15) is 8.42 Å². The number of rotatable bonds is 3. The number of carbonyl (C=O) groups excluding carboxylic acids is 1. The molecule has 8 nitrogen and oxygen atoms in total. The Bertz CT molecular complexity index is 996. The summed E-state index contributed by atoms with van der Waals surface area (Å²) in [7, 11) is -3.78. The number of sulfonamides is 1. The van der Waals surface area contributed by atoms with Gasteiger partial charge in [0.2, 0.25) is 0 Å². The number of amides is 1. The molecule has 2 aliphatic rings. The number of furan rings is 1. The number of hydrogen-bond donors (Lipinski definition) is 1. The van der Waals surface area contributed by atoms with Gasteiger partial charge in [-0.05, 0) is 30.3 Å². The highest BCUT2D eigenvalue weighted by atomic mass is 35.5. The van der Waals surface area contributed by atoms with Crippen molar-refractivity contribution in [1.29, 1.82) is 0 Å². The Kier molecular flexibility index (Phi) is 4.67. The van der Waals surface area contributed by atoms with E-state index in [0.29, 0.717) is 55.0 Å². The van der Waals surface area contributed by atoms with Gasteiger partial charge in [0.15, 0.2) is 5.76 Å². The maximum absolute atomic E-state index is 12.4. The molecule has 142 valence electrons. The number of carbonyl (C=O) groups is 1. The molecule has 0 radical (unpaired) electrons. The zero-order valence-electron chi connectivity index (χ0n) is 14.3. The van der Waals surface area contributed by atoms with Crippen molar-refractivity contribution in [3.05, 3.63) is 47.4 Å². The van der Waals surface area contributed by atoms with Crippen molar-refractivity contribution in [1.82, 2.24) is 9.80 Å². The Labute approximate surface area is 161 Å². The van der Waals surface area contributed by atoms with Crippen molar-refractivity contribution in [2.24, 2.45) is 4.40 Å². The van der Waals surface area contributed by atoms with Gasteiger partial charge in [-0.15, -0.1) is 4.40 Å². The van der Waals surface area contributed by atoms with E-state index in [1.165, 1.54) is 12.3 Å². The lowest BCUT2D eigenvalue weighted by Gasteiger charge is -2.34. The van der Waals surface area contributed by atoms with Gasteiger partial charge in [-0.3, -0.25) is 9.69 Å². The van der Waals surface area contributed by atoms with Gasteiger partial charge in [-0.25, -0.2) is 0 Å². The van der Waals surface area contributed by atoms with Gasteiger partial charge in [0.1, 0.15) is 10.7 Å². The van der Waals surface area contributed by atoms with Gasteiger partial charge in [0, 0.05) is 31.2 Å². The summed E-state index contributed by atoms with van der Waals surface area (Å²) in [6.07, 6.45) is 1.47. The minimum atomic E-state index is -3.78. The summed E-state index contributed by atoms with van der Waals surface area (Å²) >= 11 is 5.88. The van der Waals surface area contributed by atoms with Crippen molar-refractivity contribution in [3.63, 3.8) is 0 Å². The number of benzene rings is 1. The molecule has 0 bridgehead atoms. The summed E-state index contributed by atoms with van der Waals surface area (Å²) in [6.45, 7) is 2.64. The number of anilines is 1. The van der Waals surface area contributed by atoms with Crippen LogP contribution in [0.1, 0.15) is 10.6 Å². The lowest BCUT2D eigenvalue weighted by atomic mass is 10.2. The second kappa shape index (κ2) is 6.99. The SMILES string of the molecule is O=C(c1ccco1)N1CCN(CC2=NS(=O)(=O)c3cc(Cl)ccc3N2)CC1. The second-order valence-electron chi connectivity index (χ2n) is 6.32. The zero-order valence-corrected chi connectivity index (χ0v) is 15.8. The van der Waals surface area contributed by atoms with Crippen LogP contribution in [0.25, 0.3) is 0 Å². The van der Waals surface area contributed by atoms with E-state index < -0.39 is 10.0 Å². The Balaban J connectivity index is 1.41. The average molecular weight is 409 g/mol. The van der Waals surface area contributed by atoms with Crippen LogP contribution < -0.4 is 5.32 Å². The molecule has 1 fully saturated rings. The summed E-state index contributed by atoms with van der Waals surface area (Å²) in [5.41, 5.74) is 0.469. The largest absolute Gasteiger partial charge is 0.459 e. The predicted molar refractivity (Wildman–Crippen MR) is 101 cm³/mol. The average Bonchev–Trinajstić information content (AvgIpc) is 3.17. The Morgan fingerprint density at radius 3 is 2.70 bits per heavy atom. The summed E-state index contributed by atoms with van der Waals surface area (Å²) in [5, 5.41) is 3.40. The summed E-state index contributed by atoms with van der Waals surface area (Å²) < 4.78 is 33.8. The third kappa shape index (κ3) is 3.71. The lowest BCUT2D eigenvalue weighted by molar-refractivity contribution is 0.0623. The highest BCUT2D eigenvalue weighted by Gasteiger charge is 2.28. The first-order chi connectivity index (χ1) is 12.9. The van der Waals surface area contributed by atoms with Crippen molar-refractivity contribution >= 4 is 39.1 Å². The number of nitrogens with one attached hydrogen (secondary N) is 1. The third-order valence-corrected chi connectivity index (χ3v) is 6.09. The van der Waals surface area contributed by atoms with E-state index in [1.807, 2.05) is 4.90 Å². The van der Waals surface area contributed by atoms with Crippen LogP contribution in [0.4, 0.5) is 5.69 Å². The summed E-state index contributed by atoms with van der Waals surface area (Å²) in [4.78, 5) is 16.1. The highest BCUT2D eigenvalue weighted by Crippen LogP contribution is 2.30. The molecule has 3 heterocycles. The molecule has 10 heteroatoms. The molecule has 1 aromatic heterocycles. The van der Waals surface area contributed by atoms with Crippen LogP contribution in [0.3, 0.4) is 0 Å².